The summed E-state index contributed by atoms with van der Waals surface area (Å²) in [6.45, 7) is 9.47. The minimum atomic E-state index is -0.0436. The third-order valence-electron chi connectivity index (χ3n) is 2.77. The Labute approximate surface area is 146 Å². The molecule has 1 heterocycles. The Balaban J connectivity index is 3.02. The van der Waals surface area contributed by atoms with Crippen molar-refractivity contribution in [2.45, 2.75) is 20.8 Å². The SMILES string of the molecule is C=C(C)S/C(C=O)=C(/N/C=N/c1cc(C)no1)C(C)/C=C\C=NC. The third-order valence-corrected chi connectivity index (χ3v) is 3.66. The van der Waals surface area contributed by atoms with Gasteiger partial charge in [0, 0.05) is 30.9 Å². The van der Waals surface area contributed by atoms with Crippen molar-refractivity contribution in [1.29, 1.82) is 0 Å². The van der Waals surface area contributed by atoms with E-state index in [0.29, 0.717) is 10.8 Å². The second-order valence-electron chi connectivity index (χ2n) is 4.99. The predicted molar refractivity (Wildman–Crippen MR) is 101 cm³/mol. The Morgan fingerprint density at radius 3 is 2.83 bits per heavy atom. The van der Waals surface area contributed by atoms with E-state index in [9.17, 15) is 4.79 Å². The van der Waals surface area contributed by atoms with Crippen LogP contribution in [0.4, 0.5) is 5.88 Å². The normalized spacial score (nSPS) is 14.3. The van der Waals surface area contributed by atoms with Crippen LogP contribution < -0.4 is 5.32 Å². The van der Waals surface area contributed by atoms with Gasteiger partial charge in [-0.15, -0.1) is 0 Å². The number of allylic oxidation sites excluding steroid dienone is 4. The third kappa shape index (κ3) is 6.78. The molecule has 0 radical (unpaired) electrons. The molecule has 1 aromatic heterocycles. The van der Waals surface area contributed by atoms with Crippen LogP contribution in [-0.4, -0.2) is 31.0 Å². The van der Waals surface area contributed by atoms with Crippen molar-refractivity contribution < 1.29 is 9.32 Å². The first-order valence-corrected chi connectivity index (χ1v) is 8.13. The topological polar surface area (TPSA) is 79.9 Å². The molecule has 1 N–H and O–H groups in total. The maximum Gasteiger partial charge on any atom is 0.252 e. The van der Waals surface area contributed by atoms with Gasteiger partial charge in [0.1, 0.15) is 0 Å². The average Bonchev–Trinajstić information content (AvgIpc) is 2.95. The molecule has 0 bridgehead atoms. The van der Waals surface area contributed by atoms with Gasteiger partial charge in [-0.2, -0.15) is 0 Å². The highest BCUT2D eigenvalue weighted by atomic mass is 32.2. The summed E-state index contributed by atoms with van der Waals surface area (Å²) in [6.07, 6.45) is 7.75. The van der Waals surface area contributed by atoms with Crippen LogP contribution in [0.25, 0.3) is 0 Å². The maximum absolute atomic E-state index is 11.5. The number of carbonyl (C=O) groups excluding carboxylic acids is 1. The number of aryl methyl sites for hydroxylation is 1. The van der Waals surface area contributed by atoms with Crippen molar-refractivity contribution >= 4 is 36.5 Å². The Morgan fingerprint density at radius 2 is 2.29 bits per heavy atom. The number of aliphatic imine (C=N–C) groups is 2. The molecule has 1 rings (SSSR count). The fourth-order valence-corrected chi connectivity index (χ4v) is 2.51. The molecule has 1 atom stereocenters. The van der Waals surface area contributed by atoms with E-state index < -0.39 is 0 Å². The fourth-order valence-electron chi connectivity index (χ4n) is 1.73. The number of nitrogens with one attached hydrogen (secondary N) is 1. The van der Waals surface area contributed by atoms with Crippen molar-refractivity contribution in [1.82, 2.24) is 10.5 Å². The summed E-state index contributed by atoms with van der Waals surface area (Å²) in [4.78, 5) is 20.9. The quantitative estimate of drug-likeness (QED) is 0.318. The molecule has 0 aliphatic rings. The van der Waals surface area contributed by atoms with Gasteiger partial charge < -0.3 is 9.84 Å². The molecular formula is C17H22N4O2S. The molecule has 0 aliphatic heterocycles. The van der Waals surface area contributed by atoms with Crippen molar-refractivity contribution in [3.05, 3.63) is 46.0 Å². The van der Waals surface area contributed by atoms with E-state index >= 15 is 0 Å². The Bertz CT molecular complexity index is 687. The number of aromatic nitrogens is 1. The van der Waals surface area contributed by atoms with Gasteiger partial charge in [0.25, 0.3) is 5.88 Å². The molecular weight excluding hydrogens is 324 g/mol. The Morgan fingerprint density at radius 1 is 1.54 bits per heavy atom. The zero-order chi connectivity index (χ0) is 17.9. The van der Waals surface area contributed by atoms with E-state index in [1.807, 2.05) is 32.9 Å². The van der Waals surface area contributed by atoms with Crippen LogP contribution in [0.15, 0.2) is 54.8 Å². The first-order chi connectivity index (χ1) is 11.5. The highest BCUT2D eigenvalue weighted by Crippen LogP contribution is 2.27. The van der Waals surface area contributed by atoms with E-state index in [2.05, 4.69) is 27.0 Å². The summed E-state index contributed by atoms with van der Waals surface area (Å²) in [5, 5.41) is 6.84. The van der Waals surface area contributed by atoms with E-state index in [4.69, 9.17) is 4.52 Å². The van der Waals surface area contributed by atoms with Crippen molar-refractivity contribution in [2.75, 3.05) is 7.05 Å². The minimum Gasteiger partial charge on any atom is -0.348 e. The van der Waals surface area contributed by atoms with Gasteiger partial charge >= 0.3 is 0 Å². The summed E-state index contributed by atoms with van der Waals surface area (Å²) in [6, 6.07) is 1.71. The maximum atomic E-state index is 11.5. The Hall–Kier alpha value is -2.41. The number of rotatable bonds is 9. The highest BCUT2D eigenvalue weighted by Gasteiger charge is 2.12. The van der Waals surface area contributed by atoms with Gasteiger partial charge in [0.2, 0.25) is 0 Å². The number of hydrogen-bond acceptors (Lipinski definition) is 6. The largest absolute Gasteiger partial charge is 0.348 e. The molecule has 0 spiro atoms. The molecule has 128 valence electrons. The van der Waals surface area contributed by atoms with Gasteiger partial charge in [-0.05, 0) is 24.8 Å². The standard InChI is InChI=1S/C17H22N4O2S/c1-12(2)24-15(10-22)17(13(3)7-6-8-18-5)20-11-19-16-9-14(4)21-23-16/h6-11,13H,1H2,2-5H3,(H,19,20)/b7-6-,17-15+,18-8?. The van der Waals surface area contributed by atoms with Crippen molar-refractivity contribution in [3.63, 3.8) is 0 Å². The molecule has 1 aromatic rings. The van der Waals surface area contributed by atoms with Crippen molar-refractivity contribution in [2.24, 2.45) is 15.9 Å². The van der Waals surface area contributed by atoms with Gasteiger partial charge in [-0.25, -0.2) is 4.99 Å². The van der Waals surface area contributed by atoms with Crippen LogP contribution in [0, 0.1) is 12.8 Å². The molecule has 24 heavy (non-hydrogen) atoms. The smallest absolute Gasteiger partial charge is 0.252 e. The van der Waals surface area contributed by atoms with Crippen molar-refractivity contribution in [3.8, 4) is 0 Å². The molecule has 0 aliphatic carbocycles. The lowest BCUT2D eigenvalue weighted by Gasteiger charge is -2.15. The summed E-state index contributed by atoms with van der Waals surface area (Å²) in [5.41, 5.74) is 1.47. The van der Waals surface area contributed by atoms with Gasteiger partial charge in [-0.3, -0.25) is 9.79 Å². The molecule has 0 fully saturated rings. The van der Waals surface area contributed by atoms with Crippen LogP contribution in [0.3, 0.4) is 0 Å². The van der Waals surface area contributed by atoms with Crippen LogP contribution in [0.5, 0.6) is 0 Å². The monoisotopic (exact) mass is 346 g/mol. The first kappa shape index (κ1) is 19.6. The molecule has 0 saturated heterocycles. The number of carbonyl (C=O) groups is 1. The zero-order valence-electron chi connectivity index (χ0n) is 14.3. The summed E-state index contributed by atoms with van der Waals surface area (Å²) in [7, 11) is 1.70. The van der Waals surface area contributed by atoms with Gasteiger partial charge in [0.15, 0.2) is 6.29 Å². The molecule has 1 unspecified atom stereocenters. The number of hydrogen-bond donors (Lipinski definition) is 1. The Kier molecular flexibility index (Phi) is 8.49. The highest BCUT2D eigenvalue weighted by molar-refractivity contribution is 8.07. The first-order valence-electron chi connectivity index (χ1n) is 7.32. The second-order valence-corrected chi connectivity index (χ2v) is 6.33. The number of thioether (sulfide) groups is 1. The van der Waals surface area contributed by atoms with Crippen LogP contribution in [0.2, 0.25) is 0 Å². The summed E-state index contributed by atoms with van der Waals surface area (Å²) < 4.78 is 5.01. The van der Waals surface area contributed by atoms with Crippen LogP contribution in [0.1, 0.15) is 19.5 Å². The van der Waals surface area contributed by atoms with E-state index in [0.717, 1.165) is 22.6 Å². The molecule has 0 amide bonds. The second kappa shape index (κ2) is 10.4. The van der Waals surface area contributed by atoms with Crippen LogP contribution in [-0.2, 0) is 4.79 Å². The lowest BCUT2D eigenvalue weighted by molar-refractivity contribution is -0.104. The number of aldehydes is 1. The number of nitrogens with zero attached hydrogens (tertiary/aromatic N) is 3. The van der Waals surface area contributed by atoms with E-state index in [1.54, 1.807) is 19.3 Å². The molecule has 0 saturated carbocycles. The van der Waals surface area contributed by atoms with Gasteiger partial charge in [0.05, 0.1) is 16.9 Å². The molecule has 6 nitrogen and oxygen atoms in total. The van der Waals surface area contributed by atoms with Crippen LogP contribution >= 0.6 is 11.8 Å². The zero-order valence-corrected chi connectivity index (χ0v) is 15.1. The summed E-state index contributed by atoms with van der Waals surface area (Å²) >= 11 is 1.32. The fraction of sp³-hybridized carbons (Fsp3) is 0.294. The van der Waals surface area contributed by atoms with Gasteiger partial charge in [-0.1, -0.05) is 36.5 Å². The molecule has 0 aromatic carbocycles. The minimum absolute atomic E-state index is 0.0436. The predicted octanol–water partition coefficient (Wildman–Crippen LogP) is 3.80. The van der Waals surface area contributed by atoms with E-state index in [-0.39, 0.29) is 5.92 Å². The lowest BCUT2D eigenvalue weighted by Crippen LogP contribution is -2.18. The lowest BCUT2D eigenvalue weighted by atomic mass is 10.1. The molecule has 7 heteroatoms. The van der Waals surface area contributed by atoms with E-state index in [1.165, 1.54) is 18.1 Å². The average molecular weight is 346 g/mol. The summed E-state index contributed by atoms with van der Waals surface area (Å²) in [5.74, 6) is 0.346.